The van der Waals surface area contributed by atoms with Gasteiger partial charge in [-0.15, -0.1) is 0 Å². The maximum atomic E-state index is 13.6. The summed E-state index contributed by atoms with van der Waals surface area (Å²) >= 11 is 0. The van der Waals surface area contributed by atoms with Crippen LogP contribution >= 0.6 is 0 Å². The van der Waals surface area contributed by atoms with Gasteiger partial charge in [-0.2, -0.15) is 0 Å². The van der Waals surface area contributed by atoms with Crippen molar-refractivity contribution in [1.82, 2.24) is 5.43 Å². The molecule has 0 radical (unpaired) electrons. The predicted octanol–water partition coefficient (Wildman–Crippen LogP) is 2.86. The van der Waals surface area contributed by atoms with Crippen LogP contribution in [0.15, 0.2) is 36.4 Å². The first-order valence-corrected chi connectivity index (χ1v) is 6.34. The first kappa shape index (κ1) is 15.5. The second kappa shape index (κ2) is 6.69. The Kier molecular flexibility index (Phi) is 4.93. The summed E-state index contributed by atoms with van der Waals surface area (Å²) in [6, 6.07) is 6.66. The molecule has 0 aliphatic rings. The average Bonchev–Trinajstić information content (AvgIpc) is 2.46. The van der Waals surface area contributed by atoms with E-state index in [2.05, 4.69) is 5.43 Å². The van der Waals surface area contributed by atoms with E-state index in [-0.39, 0.29) is 24.0 Å². The summed E-state index contributed by atoms with van der Waals surface area (Å²) in [5.41, 5.74) is 2.33. The average molecular weight is 298 g/mol. The molecule has 1 atom stereocenters. The minimum absolute atomic E-state index is 0.00781. The van der Waals surface area contributed by atoms with Crippen molar-refractivity contribution in [3.63, 3.8) is 0 Å². The van der Waals surface area contributed by atoms with E-state index in [0.717, 1.165) is 18.2 Å². The summed E-state index contributed by atoms with van der Waals surface area (Å²) in [5, 5.41) is 0. The van der Waals surface area contributed by atoms with Crippen LogP contribution in [0.2, 0.25) is 0 Å². The molecule has 2 aromatic carbocycles. The molecule has 0 aromatic heterocycles. The first-order valence-electron chi connectivity index (χ1n) is 6.34. The van der Waals surface area contributed by atoms with Gasteiger partial charge in [0.05, 0.1) is 0 Å². The van der Waals surface area contributed by atoms with Gasteiger partial charge in [-0.25, -0.2) is 17.6 Å². The lowest BCUT2D eigenvalue weighted by Crippen LogP contribution is -2.39. The van der Waals surface area contributed by atoms with Gasteiger partial charge in [0.2, 0.25) is 0 Å². The summed E-state index contributed by atoms with van der Waals surface area (Å²) in [5.74, 6) is 2.00. The van der Waals surface area contributed by atoms with Crippen LogP contribution in [0.1, 0.15) is 11.1 Å². The molecule has 2 nitrogen and oxygen atoms in total. The Labute approximate surface area is 119 Å². The van der Waals surface area contributed by atoms with Crippen molar-refractivity contribution in [2.75, 3.05) is 0 Å². The van der Waals surface area contributed by atoms with Crippen molar-refractivity contribution < 1.29 is 17.6 Å². The van der Waals surface area contributed by atoms with Crippen LogP contribution in [0.25, 0.3) is 0 Å². The van der Waals surface area contributed by atoms with Crippen molar-refractivity contribution in [3.05, 3.63) is 70.8 Å². The molecule has 0 amide bonds. The standard InChI is InChI=1S/C15H14F4N2/c16-12-4-2-5-13(17)11(12)8-10(21-20)7-9-3-1-6-14(18)15(9)19/h1-6,10,21H,7-8,20H2. The maximum absolute atomic E-state index is 13.6. The third-order valence-corrected chi connectivity index (χ3v) is 3.25. The third kappa shape index (κ3) is 3.59. The third-order valence-electron chi connectivity index (χ3n) is 3.25. The smallest absolute Gasteiger partial charge is 0.162 e. The molecule has 21 heavy (non-hydrogen) atoms. The van der Waals surface area contributed by atoms with E-state index in [1.54, 1.807) is 0 Å². The summed E-state index contributed by atoms with van der Waals surface area (Å²) in [6.45, 7) is 0. The number of rotatable bonds is 5. The van der Waals surface area contributed by atoms with Crippen LogP contribution in [0.3, 0.4) is 0 Å². The predicted molar refractivity (Wildman–Crippen MR) is 71.2 cm³/mol. The molecular formula is C15H14F4N2. The fraction of sp³-hybridized carbons (Fsp3) is 0.200. The lowest BCUT2D eigenvalue weighted by Gasteiger charge is -2.17. The van der Waals surface area contributed by atoms with Gasteiger partial charge in [-0.05, 0) is 36.6 Å². The molecule has 112 valence electrons. The van der Waals surface area contributed by atoms with Gasteiger partial charge in [-0.1, -0.05) is 18.2 Å². The van der Waals surface area contributed by atoms with E-state index in [1.807, 2.05) is 0 Å². The highest BCUT2D eigenvalue weighted by Crippen LogP contribution is 2.18. The number of benzene rings is 2. The molecule has 0 bridgehead atoms. The zero-order valence-electron chi connectivity index (χ0n) is 11.0. The number of nitrogens with one attached hydrogen (secondary N) is 1. The minimum Gasteiger partial charge on any atom is -0.271 e. The van der Waals surface area contributed by atoms with Crippen LogP contribution in [-0.2, 0) is 12.8 Å². The second-order valence-electron chi connectivity index (χ2n) is 4.68. The number of hydrogen-bond donors (Lipinski definition) is 2. The minimum atomic E-state index is -0.980. The first-order chi connectivity index (χ1) is 10.0. The van der Waals surface area contributed by atoms with E-state index >= 15 is 0 Å². The molecule has 0 aliphatic heterocycles. The quantitative estimate of drug-likeness (QED) is 0.506. The van der Waals surface area contributed by atoms with Crippen molar-refractivity contribution in [2.45, 2.75) is 18.9 Å². The van der Waals surface area contributed by atoms with E-state index < -0.39 is 29.3 Å². The Hall–Kier alpha value is -1.92. The highest BCUT2D eigenvalue weighted by Gasteiger charge is 2.18. The Morgan fingerprint density at radius 2 is 1.43 bits per heavy atom. The van der Waals surface area contributed by atoms with Crippen LogP contribution in [-0.4, -0.2) is 6.04 Å². The number of nitrogens with two attached hydrogens (primary N) is 1. The monoisotopic (exact) mass is 298 g/mol. The zero-order chi connectivity index (χ0) is 15.4. The topological polar surface area (TPSA) is 38.0 Å². The van der Waals surface area contributed by atoms with Gasteiger partial charge in [0.1, 0.15) is 11.6 Å². The molecule has 0 spiro atoms. The molecule has 1 unspecified atom stereocenters. The number of halogens is 4. The lowest BCUT2D eigenvalue weighted by atomic mass is 9.98. The second-order valence-corrected chi connectivity index (χ2v) is 4.68. The van der Waals surface area contributed by atoms with E-state index in [4.69, 9.17) is 5.84 Å². The summed E-state index contributed by atoms with van der Waals surface area (Å²) in [4.78, 5) is 0. The highest BCUT2D eigenvalue weighted by molar-refractivity contribution is 5.23. The Bertz CT molecular complexity index is 611. The molecular weight excluding hydrogens is 284 g/mol. The molecule has 2 rings (SSSR count). The maximum Gasteiger partial charge on any atom is 0.162 e. The fourth-order valence-corrected chi connectivity index (χ4v) is 2.14. The Morgan fingerprint density at radius 3 is 2.05 bits per heavy atom. The van der Waals surface area contributed by atoms with E-state index in [0.29, 0.717) is 0 Å². The van der Waals surface area contributed by atoms with Gasteiger partial charge >= 0.3 is 0 Å². The van der Waals surface area contributed by atoms with Crippen LogP contribution in [0, 0.1) is 23.3 Å². The summed E-state index contributed by atoms with van der Waals surface area (Å²) in [7, 11) is 0. The molecule has 6 heteroatoms. The fourth-order valence-electron chi connectivity index (χ4n) is 2.14. The summed E-state index contributed by atoms with van der Waals surface area (Å²) < 4.78 is 53.9. The summed E-state index contributed by atoms with van der Waals surface area (Å²) in [6.07, 6.45) is -0.0706. The SMILES string of the molecule is NNC(Cc1cccc(F)c1F)Cc1c(F)cccc1F. The van der Waals surface area contributed by atoms with Crippen LogP contribution in [0.5, 0.6) is 0 Å². The highest BCUT2D eigenvalue weighted by atomic mass is 19.2. The van der Waals surface area contributed by atoms with E-state index in [9.17, 15) is 17.6 Å². The Balaban J connectivity index is 2.19. The lowest BCUT2D eigenvalue weighted by molar-refractivity contribution is 0.461. The van der Waals surface area contributed by atoms with Crippen LogP contribution < -0.4 is 11.3 Å². The molecule has 2 aromatic rings. The van der Waals surface area contributed by atoms with Gasteiger partial charge in [0.25, 0.3) is 0 Å². The van der Waals surface area contributed by atoms with Crippen molar-refractivity contribution in [2.24, 2.45) is 5.84 Å². The van der Waals surface area contributed by atoms with Gasteiger partial charge in [0.15, 0.2) is 11.6 Å². The Morgan fingerprint density at radius 1 is 0.857 bits per heavy atom. The molecule has 0 fully saturated rings. The largest absolute Gasteiger partial charge is 0.271 e. The number of hydrazine groups is 1. The van der Waals surface area contributed by atoms with Crippen molar-refractivity contribution >= 4 is 0 Å². The van der Waals surface area contributed by atoms with Gasteiger partial charge in [0, 0.05) is 11.6 Å². The molecule has 0 heterocycles. The normalized spacial score (nSPS) is 12.4. The van der Waals surface area contributed by atoms with Crippen LogP contribution in [0.4, 0.5) is 17.6 Å². The molecule has 3 N–H and O–H groups in total. The van der Waals surface area contributed by atoms with E-state index in [1.165, 1.54) is 18.2 Å². The van der Waals surface area contributed by atoms with Gasteiger partial charge in [-0.3, -0.25) is 11.3 Å². The number of hydrogen-bond acceptors (Lipinski definition) is 2. The van der Waals surface area contributed by atoms with Crippen molar-refractivity contribution in [3.8, 4) is 0 Å². The molecule has 0 saturated heterocycles. The van der Waals surface area contributed by atoms with Crippen molar-refractivity contribution in [1.29, 1.82) is 0 Å². The zero-order valence-corrected chi connectivity index (χ0v) is 11.0. The molecule has 0 aliphatic carbocycles. The van der Waals surface area contributed by atoms with Gasteiger partial charge < -0.3 is 0 Å². The molecule has 0 saturated carbocycles.